The fraction of sp³-hybridized carbons (Fsp3) is 0.333. The summed E-state index contributed by atoms with van der Waals surface area (Å²) in [4.78, 5) is 1.70. The zero-order chi connectivity index (χ0) is 11.6. The number of benzene rings is 1. The molecule has 0 radical (unpaired) electrons. The Morgan fingerprint density at radius 3 is 2.40 bits per heavy atom. The van der Waals surface area contributed by atoms with Crippen molar-refractivity contribution in [1.82, 2.24) is 0 Å². The Morgan fingerprint density at radius 1 is 1.33 bits per heavy atom. The van der Waals surface area contributed by atoms with Gasteiger partial charge in [-0.05, 0) is 12.1 Å². The van der Waals surface area contributed by atoms with E-state index in [-0.39, 0.29) is 11.4 Å². The van der Waals surface area contributed by atoms with Crippen LogP contribution in [0.3, 0.4) is 0 Å². The molecular formula is C9H14N2O3S. The van der Waals surface area contributed by atoms with Gasteiger partial charge in [0.1, 0.15) is 0 Å². The highest BCUT2D eigenvalue weighted by molar-refractivity contribution is 7.92. The Hall–Kier alpha value is -1.43. The molecule has 84 valence electrons. The zero-order valence-electron chi connectivity index (χ0n) is 8.85. The van der Waals surface area contributed by atoms with E-state index in [0.29, 0.717) is 5.69 Å². The highest BCUT2D eigenvalue weighted by Crippen LogP contribution is 2.33. The molecule has 1 rings (SSSR count). The molecule has 0 amide bonds. The van der Waals surface area contributed by atoms with Gasteiger partial charge in [0, 0.05) is 14.1 Å². The molecule has 0 bridgehead atoms. The van der Waals surface area contributed by atoms with Crippen LogP contribution in [0.15, 0.2) is 18.2 Å². The lowest BCUT2D eigenvalue weighted by molar-refractivity contribution is 0.478. The van der Waals surface area contributed by atoms with Crippen molar-refractivity contribution in [2.75, 3.05) is 30.0 Å². The Balaban J connectivity index is 3.16. The van der Waals surface area contributed by atoms with Crippen molar-refractivity contribution in [1.29, 1.82) is 0 Å². The number of hydrogen-bond donors (Lipinski definition) is 2. The second-order valence-electron chi connectivity index (χ2n) is 3.44. The van der Waals surface area contributed by atoms with Crippen LogP contribution >= 0.6 is 0 Å². The van der Waals surface area contributed by atoms with Crippen molar-refractivity contribution in [2.24, 2.45) is 0 Å². The van der Waals surface area contributed by atoms with E-state index in [0.717, 1.165) is 6.26 Å². The molecule has 15 heavy (non-hydrogen) atoms. The van der Waals surface area contributed by atoms with Crippen molar-refractivity contribution in [3.63, 3.8) is 0 Å². The molecule has 2 N–H and O–H groups in total. The Labute approximate surface area is 89.4 Å². The average Bonchev–Trinajstić information content (AvgIpc) is 2.05. The van der Waals surface area contributed by atoms with E-state index in [1.807, 2.05) is 0 Å². The minimum Gasteiger partial charge on any atom is -0.504 e. The molecule has 0 aliphatic heterocycles. The van der Waals surface area contributed by atoms with Gasteiger partial charge in [-0.3, -0.25) is 4.72 Å². The summed E-state index contributed by atoms with van der Waals surface area (Å²) in [6.45, 7) is 0. The first-order valence-electron chi connectivity index (χ1n) is 4.28. The van der Waals surface area contributed by atoms with Crippen LogP contribution in [0.1, 0.15) is 0 Å². The van der Waals surface area contributed by atoms with Crippen LogP contribution in [0.2, 0.25) is 0 Å². The molecule has 0 saturated carbocycles. The van der Waals surface area contributed by atoms with Crippen molar-refractivity contribution >= 4 is 21.4 Å². The van der Waals surface area contributed by atoms with E-state index >= 15 is 0 Å². The van der Waals surface area contributed by atoms with E-state index in [9.17, 15) is 13.5 Å². The molecule has 0 spiro atoms. The number of sulfonamides is 1. The number of nitrogens with one attached hydrogen (secondary N) is 1. The summed E-state index contributed by atoms with van der Waals surface area (Å²) in [7, 11) is 0.156. The van der Waals surface area contributed by atoms with Crippen LogP contribution in [-0.2, 0) is 10.0 Å². The maximum Gasteiger partial charge on any atom is 0.229 e. The largest absolute Gasteiger partial charge is 0.504 e. The first-order valence-corrected chi connectivity index (χ1v) is 6.17. The number of rotatable bonds is 3. The van der Waals surface area contributed by atoms with Crippen LogP contribution < -0.4 is 9.62 Å². The van der Waals surface area contributed by atoms with Crippen molar-refractivity contribution in [3.05, 3.63) is 18.2 Å². The fourth-order valence-electron chi connectivity index (χ4n) is 1.17. The number of nitrogens with zero attached hydrogens (tertiary/aromatic N) is 1. The lowest BCUT2D eigenvalue weighted by Gasteiger charge is -2.16. The number of phenolic OH excluding ortho intramolecular Hbond substituents is 1. The summed E-state index contributed by atoms with van der Waals surface area (Å²) in [6.07, 6.45) is 1.04. The minimum atomic E-state index is -3.37. The predicted octanol–water partition coefficient (Wildman–Crippen LogP) is 0.830. The van der Waals surface area contributed by atoms with Crippen molar-refractivity contribution in [3.8, 4) is 5.75 Å². The summed E-state index contributed by atoms with van der Waals surface area (Å²) in [6, 6.07) is 4.87. The molecule has 0 aliphatic carbocycles. The van der Waals surface area contributed by atoms with E-state index in [4.69, 9.17) is 0 Å². The molecule has 0 atom stereocenters. The Kier molecular flexibility index (Phi) is 3.09. The molecule has 0 unspecified atom stereocenters. The van der Waals surface area contributed by atoms with Crippen molar-refractivity contribution < 1.29 is 13.5 Å². The van der Waals surface area contributed by atoms with Gasteiger partial charge >= 0.3 is 0 Å². The van der Waals surface area contributed by atoms with Gasteiger partial charge in [-0.15, -0.1) is 0 Å². The summed E-state index contributed by atoms with van der Waals surface area (Å²) < 4.78 is 24.2. The van der Waals surface area contributed by atoms with Gasteiger partial charge in [-0.25, -0.2) is 8.42 Å². The van der Waals surface area contributed by atoms with E-state index < -0.39 is 10.0 Å². The molecule has 1 aromatic rings. The monoisotopic (exact) mass is 230 g/mol. The molecule has 0 fully saturated rings. The smallest absolute Gasteiger partial charge is 0.229 e. The first kappa shape index (κ1) is 11.6. The molecule has 0 saturated heterocycles. The lowest BCUT2D eigenvalue weighted by atomic mass is 10.2. The molecule has 5 nitrogen and oxygen atoms in total. The third-order valence-corrected chi connectivity index (χ3v) is 2.38. The van der Waals surface area contributed by atoms with Gasteiger partial charge in [-0.1, -0.05) is 6.07 Å². The second-order valence-corrected chi connectivity index (χ2v) is 5.19. The number of anilines is 2. The molecule has 0 aromatic heterocycles. The number of hydrogen-bond acceptors (Lipinski definition) is 4. The average molecular weight is 230 g/mol. The maximum atomic E-state index is 11.0. The molecule has 6 heteroatoms. The third-order valence-electron chi connectivity index (χ3n) is 1.79. The summed E-state index contributed by atoms with van der Waals surface area (Å²) >= 11 is 0. The van der Waals surface area contributed by atoms with Gasteiger partial charge in [0.15, 0.2) is 5.75 Å². The predicted molar refractivity (Wildman–Crippen MR) is 60.9 cm³/mol. The number of para-hydroxylation sites is 1. The molecule has 0 heterocycles. The van der Waals surface area contributed by atoms with Crippen molar-refractivity contribution in [2.45, 2.75) is 0 Å². The zero-order valence-corrected chi connectivity index (χ0v) is 9.67. The second kappa shape index (κ2) is 3.98. The summed E-state index contributed by atoms with van der Waals surface area (Å²) in [5, 5.41) is 9.75. The molecule has 0 aliphatic rings. The van der Waals surface area contributed by atoms with Gasteiger partial charge in [0.25, 0.3) is 0 Å². The SMILES string of the molecule is CN(C)c1cccc(NS(C)(=O)=O)c1O. The summed E-state index contributed by atoms with van der Waals surface area (Å²) in [5.41, 5.74) is 0.743. The highest BCUT2D eigenvalue weighted by atomic mass is 32.2. The van der Waals surface area contributed by atoms with E-state index in [1.54, 1.807) is 31.1 Å². The van der Waals surface area contributed by atoms with Gasteiger partial charge < -0.3 is 10.0 Å². The van der Waals surface area contributed by atoms with Gasteiger partial charge in [0.2, 0.25) is 10.0 Å². The quantitative estimate of drug-likeness (QED) is 0.755. The van der Waals surface area contributed by atoms with Crippen LogP contribution in [0, 0.1) is 0 Å². The summed E-state index contributed by atoms with van der Waals surface area (Å²) in [5.74, 6) is -0.0760. The minimum absolute atomic E-state index is 0.0760. The third kappa shape index (κ3) is 3.02. The standard InChI is InChI=1S/C9H14N2O3S/c1-11(2)8-6-4-5-7(9(8)12)10-15(3,13)14/h4-6,10,12H,1-3H3. The van der Waals surface area contributed by atoms with Crippen LogP contribution in [0.25, 0.3) is 0 Å². The Bertz CT molecular complexity index is 454. The van der Waals surface area contributed by atoms with Crippen LogP contribution in [0.4, 0.5) is 11.4 Å². The number of aromatic hydroxyl groups is 1. The first-order chi connectivity index (χ1) is 6.81. The Morgan fingerprint density at radius 2 is 1.93 bits per heavy atom. The normalized spacial score (nSPS) is 11.1. The topological polar surface area (TPSA) is 69.6 Å². The number of phenols is 1. The van der Waals surface area contributed by atoms with Crippen LogP contribution in [-0.4, -0.2) is 33.9 Å². The van der Waals surface area contributed by atoms with Gasteiger partial charge in [0.05, 0.1) is 17.6 Å². The fourth-order valence-corrected chi connectivity index (χ4v) is 1.74. The van der Waals surface area contributed by atoms with E-state index in [2.05, 4.69) is 4.72 Å². The van der Waals surface area contributed by atoms with E-state index in [1.165, 1.54) is 6.07 Å². The highest BCUT2D eigenvalue weighted by Gasteiger charge is 2.11. The molecule has 1 aromatic carbocycles. The molecular weight excluding hydrogens is 216 g/mol. The maximum absolute atomic E-state index is 11.0. The van der Waals surface area contributed by atoms with Gasteiger partial charge in [-0.2, -0.15) is 0 Å². The van der Waals surface area contributed by atoms with Crippen LogP contribution in [0.5, 0.6) is 5.75 Å². The lowest BCUT2D eigenvalue weighted by Crippen LogP contribution is -2.12.